The maximum Gasteiger partial charge on any atom is 0.255 e. The SMILES string of the molecule is Cc1cc(C(=O)N2CCC(C(O)c3ccccn3)CC2)c(C)n1C. The average molecular weight is 327 g/mol. The molecule has 1 N–H and O–H groups in total. The highest BCUT2D eigenvalue weighted by Crippen LogP contribution is 2.30. The van der Waals surface area contributed by atoms with Crippen LogP contribution in [0.3, 0.4) is 0 Å². The second-order valence-electron chi connectivity index (χ2n) is 6.67. The van der Waals surface area contributed by atoms with Crippen molar-refractivity contribution in [2.24, 2.45) is 13.0 Å². The monoisotopic (exact) mass is 327 g/mol. The molecule has 1 fully saturated rings. The minimum atomic E-state index is -0.552. The van der Waals surface area contributed by atoms with Gasteiger partial charge in [-0.15, -0.1) is 0 Å². The van der Waals surface area contributed by atoms with Crippen molar-refractivity contribution >= 4 is 5.91 Å². The van der Waals surface area contributed by atoms with Gasteiger partial charge in [0.1, 0.15) is 0 Å². The van der Waals surface area contributed by atoms with Gasteiger partial charge in [-0.2, -0.15) is 0 Å². The van der Waals surface area contributed by atoms with E-state index >= 15 is 0 Å². The second kappa shape index (κ2) is 6.77. The molecule has 0 radical (unpaired) electrons. The summed E-state index contributed by atoms with van der Waals surface area (Å²) in [5.41, 5.74) is 3.61. The summed E-state index contributed by atoms with van der Waals surface area (Å²) in [4.78, 5) is 18.9. The molecule has 24 heavy (non-hydrogen) atoms. The Morgan fingerprint density at radius 2 is 2.00 bits per heavy atom. The molecule has 3 rings (SSSR count). The first-order chi connectivity index (χ1) is 11.5. The third-order valence-corrected chi connectivity index (χ3v) is 5.27. The van der Waals surface area contributed by atoms with E-state index in [2.05, 4.69) is 4.98 Å². The number of aliphatic hydroxyl groups excluding tert-OH is 1. The van der Waals surface area contributed by atoms with Gasteiger partial charge in [-0.25, -0.2) is 0 Å². The summed E-state index contributed by atoms with van der Waals surface area (Å²) in [6, 6.07) is 7.57. The summed E-state index contributed by atoms with van der Waals surface area (Å²) in [7, 11) is 1.98. The number of likely N-dealkylation sites (tertiary alicyclic amines) is 1. The fourth-order valence-corrected chi connectivity index (χ4v) is 3.45. The Bertz CT molecular complexity index is 716. The lowest BCUT2D eigenvalue weighted by Gasteiger charge is -2.34. The average Bonchev–Trinajstić information content (AvgIpc) is 2.89. The normalized spacial score (nSPS) is 17.1. The number of hydrogen-bond donors (Lipinski definition) is 1. The third kappa shape index (κ3) is 3.08. The minimum absolute atomic E-state index is 0.0991. The molecule has 0 bridgehead atoms. The number of aromatic nitrogens is 2. The molecule has 0 spiro atoms. The number of carbonyl (C=O) groups excluding carboxylic acids is 1. The molecule has 1 unspecified atom stereocenters. The highest BCUT2D eigenvalue weighted by molar-refractivity contribution is 5.95. The summed E-state index contributed by atoms with van der Waals surface area (Å²) in [6.07, 6.45) is 2.75. The van der Waals surface area contributed by atoms with Gasteiger partial charge >= 0.3 is 0 Å². The van der Waals surface area contributed by atoms with Crippen molar-refractivity contribution in [3.8, 4) is 0 Å². The molecule has 0 aromatic carbocycles. The van der Waals surface area contributed by atoms with Crippen molar-refractivity contribution < 1.29 is 9.90 Å². The van der Waals surface area contributed by atoms with E-state index in [0.717, 1.165) is 35.5 Å². The Labute approximate surface area is 142 Å². The number of amides is 1. The van der Waals surface area contributed by atoms with Crippen LogP contribution in [0.4, 0.5) is 0 Å². The number of piperidine rings is 1. The quantitative estimate of drug-likeness (QED) is 0.943. The van der Waals surface area contributed by atoms with Gasteiger partial charge in [-0.05, 0) is 50.8 Å². The summed E-state index contributed by atoms with van der Waals surface area (Å²) in [6.45, 7) is 5.36. The molecule has 0 aliphatic carbocycles. The zero-order valence-electron chi connectivity index (χ0n) is 14.6. The Morgan fingerprint density at radius 1 is 1.29 bits per heavy atom. The Morgan fingerprint density at radius 3 is 2.54 bits per heavy atom. The number of aryl methyl sites for hydroxylation is 1. The van der Waals surface area contributed by atoms with Gasteiger partial charge in [0.2, 0.25) is 0 Å². The molecular formula is C19H25N3O2. The fourth-order valence-electron chi connectivity index (χ4n) is 3.45. The van der Waals surface area contributed by atoms with Crippen LogP contribution in [0, 0.1) is 19.8 Å². The zero-order valence-corrected chi connectivity index (χ0v) is 14.6. The van der Waals surface area contributed by atoms with Crippen LogP contribution in [0.2, 0.25) is 0 Å². The van der Waals surface area contributed by atoms with Gasteiger partial charge in [-0.3, -0.25) is 9.78 Å². The van der Waals surface area contributed by atoms with Crippen LogP contribution in [-0.2, 0) is 7.05 Å². The van der Waals surface area contributed by atoms with Crippen molar-refractivity contribution in [3.05, 3.63) is 53.1 Å². The van der Waals surface area contributed by atoms with Crippen LogP contribution in [0.15, 0.2) is 30.5 Å². The first kappa shape index (κ1) is 16.7. The molecule has 5 nitrogen and oxygen atoms in total. The van der Waals surface area contributed by atoms with E-state index in [9.17, 15) is 9.90 Å². The van der Waals surface area contributed by atoms with Crippen molar-refractivity contribution in [2.45, 2.75) is 32.8 Å². The standard InChI is InChI=1S/C19H25N3O2/c1-13-12-16(14(2)21(13)3)19(24)22-10-7-15(8-11-22)18(23)17-6-4-5-9-20-17/h4-6,9,12,15,18,23H,7-8,10-11H2,1-3H3. The lowest BCUT2D eigenvalue weighted by Crippen LogP contribution is -2.40. The Kier molecular flexibility index (Phi) is 4.71. The molecule has 0 saturated carbocycles. The molecule has 5 heteroatoms. The summed E-state index contributed by atoms with van der Waals surface area (Å²) >= 11 is 0. The van der Waals surface area contributed by atoms with Crippen molar-refractivity contribution in [1.29, 1.82) is 0 Å². The molecule has 1 aliphatic heterocycles. The zero-order chi connectivity index (χ0) is 17.3. The van der Waals surface area contributed by atoms with Gasteiger partial charge in [0.25, 0.3) is 5.91 Å². The van der Waals surface area contributed by atoms with Gasteiger partial charge in [0.15, 0.2) is 0 Å². The molecule has 2 aromatic rings. The van der Waals surface area contributed by atoms with E-state index in [0.29, 0.717) is 13.1 Å². The van der Waals surface area contributed by atoms with Crippen LogP contribution >= 0.6 is 0 Å². The number of aliphatic hydroxyl groups is 1. The van der Waals surface area contributed by atoms with E-state index < -0.39 is 6.10 Å². The summed E-state index contributed by atoms with van der Waals surface area (Å²) in [5.74, 6) is 0.254. The minimum Gasteiger partial charge on any atom is -0.387 e. The summed E-state index contributed by atoms with van der Waals surface area (Å²) < 4.78 is 2.05. The topological polar surface area (TPSA) is 58.4 Å². The highest BCUT2D eigenvalue weighted by atomic mass is 16.3. The predicted octanol–water partition coefficient (Wildman–Crippen LogP) is 2.62. The number of rotatable bonds is 3. The van der Waals surface area contributed by atoms with E-state index in [1.807, 2.05) is 54.6 Å². The van der Waals surface area contributed by atoms with Gasteiger partial charge in [0.05, 0.1) is 17.4 Å². The molecule has 1 amide bonds. The molecule has 128 valence electrons. The maximum atomic E-state index is 12.8. The van der Waals surface area contributed by atoms with Gasteiger partial charge in [-0.1, -0.05) is 6.07 Å². The molecule has 1 atom stereocenters. The second-order valence-corrected chi connectivity index (χ2v) is 6.67. The van der Waals surface area contributed by atoms with Crippen molar-refractivity contribution in [2.75, 3.05) is 13.1 Å². The van der Waals surface area contributed by atoms with Crippen LogP contribution in [0.1, 0.15) is 46.4 Å². The van der Waals surface area contributed by atoms with Gasteiger partial charge in [0, 0.05) is 37.7 Å². The van der Waals surface area contributed by atoms with Crippen LogP contribution in [0.25, 0.3) is 0 Å². The van der Waals surface area contributed by atoms with Crippen LogP contribution in [0.5, 0.6) is 0 Å². The van der Waals surface area contributed by atoms with Crippen LogP contribution < -0.4 is 0 Å². The predicted molar refractivity (Wildman–Crippen MR) is 92.7 cm³/mol. The third-order valence-electron chi connectivity index (χ3n) is 5.27. The van der Waals surface area contributed by atoms with E-state index in [-0.39, 0.29) is 11.8 Å². The molecule has 1 aliphatic rings. The molecule has 3 heterocycles. The molecular weight excluding hydrogens is 302 g/mol. The molecule has 1 saturated heterocycles. The lowest BCUT2D eigenvalue weighted by molar-refractivity contribution is 0.0447. The molecule has 2 aromatic heterocycles. The number of carbonyl (C=O) groups is 1. The van der Waals surface area contributed by atoms with Gasteiger partial charge < -0.3 is 14.6 Å². The number of hydrogen-bond acceptors (Lipinski definition) is 3. The number of nitrogens with zero attached hydrogens (tertiary/aromatic N) is 3. The number of pyridine rings is 1. The first-order valence-electron chi connectivity index (χ1n) is 8.50. The van der Waals surface area contributed by atoms with E-state index in [1.165, 1.54) is 0 Å². The first-order valence-corrected chi connectivity index (χ1v) is 8.50. The maximum absolute atomic E-state index is 12.8. The van der Waals surface area contributed by atoms with Crippen LogP contribution in [-0.4, -0.2) is 38.6 Å². The van der Waals surface area contributed by atoms with E-state index in [1.54, 1.807) is 6.20 Å². The smallest absolute Gasteiger partial charge is 0.255 e. The van der Waals surface area contributed by atoms with E-state index in [4.69, 9.17) is 0 Å². The summed E-state index contributed by atoms with van der Waals surface area (Å²) in [5, 5.41) is 10.5. The van der Waals surface area contributed by atoms with Crippen molar-refractivity contribution in [1.82, 2.24) is 14.5 Å². The van der Waals surface area contributed by atoms with Crippen molar-refractivity contribution in [3.63, 3.8) is 0 Å². The Hall–Kier alpha value is -2.14. The highest BCUT2D eigenvalue weighted by Gasteiger charge is 2.30. The Balaban J connectivity index is 1.64. The largest absolute Gasteiger partial charge is 0.387 e. The lowest BCUT2D eigenvalue weighted by atomic mass is 9.89. The fraction of sp³-hybridized carbons (Fsp3) is 0.474.